The topological polar surface area (TPSA) is 102 Å². The van der Waals surface area contributed by atoms with Gasteiger partial charge in [0.05, 0.1) is 28.4 Å². The molecule has 10 heteroatoms. The minimum atomic E-state index is -0.786. The lowest BCUT2D eigenvalue weighted by atomic mass is 10.2. The van der Waals surface area contributed by atoms with Gasteiger partial charge in [-0.3, -0.25) is 9.59 Å². The van der Waals surface area contributed by atoms with Crippen LogP contribution >= 0.6 is 27.5 Å². The molecule has 0 saturated heterocycles. The second-order valence-electron chi connectivity index (χ2n) is 6.37. The Hall–Kier alpha value is -3.17. The molecule has 0 spiro atoms. The molecule has 0 radical (unpaired) electrons. The molecule has 30 heavy (non-hydrogen) atoms. The summed E-state index contributed by atoms with van der Waals surface area (Å²) in [6, 6.07) is 12.1. The molecule has 0 bridgehead atoms. The lowest BCUT2D eigenvalue weighted by molar-refractivity contribution is -0.122. The maximum Gasteiger partial charge on any atom is 0.265 e. The van der Waals surface area contributed by atoms with Gasteiger partial charge >= 0.3 is 0 Å². The molecule has 2 aromatic heterocycles. The third-order valence-electron chi connectivity index (χ3n) is 4.33. The number of benzene rings is 2. The number of H-pyrrole nitrogens is 1. The standard InChI is InChI=1S/C20H15BrClN5O3/c1-11(30-17-7-6-12(22)8-14(17)21)19(28)26-15-4-2-3-5-16(15)27-18-13(9-25-27)20(29)24-10-23-18/h2-11H,1H3,(H,26,28)(H,23,24,29). The molecule has 0 saturated carbocycles. The highest BCUT2D eigenvalue weighted by Gasteiger charge is 2.19. The zero-order valence-corrected chi connectivity index (χ0v) is 17.9. The second kappa shape index (κ2) is 8.29. The number of hydrogen-bond donors (Lipinski definition) is 2. The van der Waals surface area contributed by atoms with Crippen LogP contribution < -0.4 is 15.6 Å². The van der Waals surface area contributed by atoms with Crippen LogP contribution in [0.5, 0.6) is 5.75 Å². The van der Waals surface area contributed by atoms with Crippen molar-refractivity contribution in [3.63, 3.8) is 0 Å². The van der Waals surface area contributed by atoms with Crippen molar-refractivity contribution < 1.29 is 9.53 Å². The van der Waals surface area contributed by atoms with Crippen LogP contribution in [-0.2, 0) is 4.79 Å². The van der Waals surface area contributed by atoms with Gasteiger partial charge in [-0.2, -0.15) is 5.10 Å². The van der Waals surface area contributed by atoms with Crippen molar-refractivity contribution in [3.8, 4) is 11.4 Å². The van der Waals surface area contributed by atoms with E-state index in [9.17, 15) is 9.59 Å². The van der Waals surface area contributed by atoms with E-state index in [1.165, 1.54) is 17.2 Å². The minimum Gasteiger partial charge on any atom is -0.480 e. The fourth-order valence-corrected chi connectivity index (χ4v) is 3.62. The van der Waals surface area contributed by atoms with E-state index < -0.39 is 6.10 Å². The molecule has 2 aromatic carbocycles. The van der Waals surface area contributed by atoms with Gasteiger partial charge in [-0.15, -0.1) is 0 Å². The van der Waals surface area contributed by atoms with Gasteiger partial charge in [-0.25, -0.2) is 9.67 Å². The largest absolute Gasteiger partial charge is 0.480 e. The van der Waals surface area contributed by atoms with Crippen LogP contribution in [0, 0.1) is 0 Å². The maximum absolute atomic E-state index is 12.8. The summed E-state index contributed by atoms with van der Waals surface area (Å²) in [5, 5.41) is 8.01. The van der Waals surface area contributed by atoms with Crippen molar-refractivity contribution in [2.24, 2.45) is 0 Å². The van der Waals surface area contributed by atoms with E-state index in [1.807, 2.05) is 0 Å². The van der Waals surface area contributed by atoms with Gasteiger partial charge in [-0.05, 0) is 53.2 Å². The van der Waals surface area contributed by atoms with Crippen LogP contribution in [0.15, 0.2) is 64.3 Å². The molecule has 1 unspecified atom stereocenters. The smallest absolute Gasteiger partial charge is 0.265 e. The first-order chi connectivity index (χ1) is 14.4. The van der Waals surface area contributed by atoms with E-state index >= 15 is 0 Å². The Balaban J connectivity index is 1.60. The fraction of sp³-hybridized carbons (Fsp3) is 0.100. The van der Waals surface area contributed by atoms with Crippen LogP contribution in [0.4, 0.5) is 5.69 Å². The normalized spacial score (nSPS) is 12.0. The third kappa shape index (κ3) is 3.94. The Labute approximate surface area is 184 Å². The SMILES string of the molecule is CC(Oc1ccc(Cl)cc1Br)C(=O)Nc1ccccc1-n1ncc2c(=O)[nH]cnc21. The van der Waals surface area contributed by atoms with Crippen molar-refractivity contribution in [2.45, 2.75) is 13.0 Å². The maximum atomic E-state index is 12.8. The lowest BCUT2D eigenvalue weighted by Gasteiger charge is -2.17. The van der Waals surface area contributed by atoms with Gasteiger partial charge in [0.2, 0.25) is 0 Å². The zero-order chi connectivity index (χ0) is 21.3. The average Bonchev–Trinajstić information content (AvgIpc) is 3.16. The molecule has 1 atom stereocenters. The van der Waals surface area contributed by atoms with Gasteiger partial charge in [0.25, 0.3) is 11.5 Å². The number of aromatic amines is 1. The van der Waals surface area contributed by atoms with Gasteiger partial charge in [0.1, 0.15) is 11.1 Å². The van der Waals surface area contributed by atoms with Crippen LogP contribution in [0.3, 0.4) is 0 Å². The van der Waals surface area contributed by atoms with Gasteiger partial charge < -0.3 is 15.0 Å². The summed E-state index contributed by atoms with van der Waals surface area (Å²) in [7, 11) is 0. The molecule has 2 N–H and O–H groups in total. The van der Waals surface area contributed by atoms with Crippen molar-refractivity contribution in [1.29, 1.82) is 0 Å². The number of nitrogens with zero attached hydrogens (tertiary/aromatic N) is 3. The molecule has 152 valence electrons. The zero-order valence-electron chi connectivity index (χ0n) is 15.6. The number of hydrogen-bond acceptors (Lipinski definition) is 5. The van der Waals surface area contributed by atoms with E-state index in [1.54, 1.807) is 49.4 Å². The van der Waals surface area contributed by atoms with Gasteiger partial charge in [0, 0.05) is 5.02 Å². The number of ether oxygens (including phenoxy) is 1. The van der Waals surface area contributed by atoms with Gasteiger partial charge in [0.15, 0.2) is 11.8 Å². The summed E-state index contributed by atoms with van der Waals surface area (Å²) in [6.45, 7) is 1.64. The first-order valence-corrected chi connectivity index (χ1v) is 10.0. The highest BCUT2D eigenvalue weighted by Crippen LogP contribution is 2.29. The Bertz CT molecular complexity index is 1300. The quantitative estimate of drug-likeness (QED) is 0.443. The lowest BCUT2D eigenvalue weighted by Crippen LogP contribution is -2.30. The van der Waals surface area contributed by atoms with E-state index in [2.05, 4.69) is 36.3 Å². The number of anilines is 1. The van der Waals surface area contributed by atoms with E-state index in [0.717, 1.165) is 0 Å². The Morgan fingerprint density at radius 2 is 2.10 bits per heavy atom. The third-order valence-corrected chi connectivity index (χ3v) is 5.18. The Morgan fingerprint density at radius 1 is 1.30 bits per heavy atom. The van der Waals surface area contributed by atoms with Crippen LogP contribution in [-0.4, -0.2) is 31.8 Å². The molecule has 0 aliphatic rings. The molecule has 0 aliphatic carbocycles. The summed E-state index contributed by atoms with van der Waals surface area (Å²) >= 11 is 9.31. The first kappa shape index (κ1) is 20.1. The summed E-state index contributed by atoms with van der Waals surface area (Å²) < 4.78 is 7.90. The molecular weight excluding hydrogens is 474 g/mol. The second-order valence-corrected chi connectivity index (χ2v) is 7.66. The van der Waals surface area contributed by atoms with Crippen LogP contribution in [0.1, 0.15) is 6.92 Å². The molecule has 0 aliphatic heterocycles. The van der Waals surface area contributed by atoms with Crippen LogP contribution in [0.25, 0.3) is 16.7 Å². The monoisotopic (exact) mass is 487 g/mol. The summed E-state index contributed by atoms with van der Waals surface area (Å²) in [5.74, 6) is 0.142. The molecule has 0 fully saturated rings. The number of aromatic nitrogens is 4. The highest BCUT2D eigenvalue weighted by atomic mass is 79.9. The van der Waals surface area contributed by atoms with E-state index in [4.69, 9.17) is 16.3 Å². The molecule has 1 amide bonds. The molecule has 8 nitrogen and oxygen atoms in total. The van der Waals surface area contributed by atoms with E-state index in [0.29, 0.717) is 37.7 Å². The number of fused-ring (bicyclic) bond motifs is 1. The van der Waals surface area contributed by atoms with Crippen molar-refractivity contribution >= 4 is 50.2 Å². The predicted molar refractivity (Wildman–Crippen MR) is 117 cm³/mol. The number of nitrogens with one attached hydrogen (secondary N) is 2. The number of para-hydroxylation sites is 2. The first-order valence-electron chi connectivity index (χ1n) is 8.87. The summed E-state index contributed by atoms with van der Waals surface area (Å²) in [5.41, 5.74) is 1.16. The van der Waals surface area contributed by atoms with Crippen molar-refractivity contribution in [2.75, 3.05) is 5.32 Å². The van der Waals surface area contributed by atoms with E-state index in [-0.39, 0.29) is 11.5 Å². The molecule has 2 heterocycles. The highest BCUT2D eigenvalue weighted by molar-refractivity contribution is 9.10. The van der Waals surface area contributed by atoms with Gasteiger partial charge in [-0.1, -0.05) is 23.7 Å². The predicted octanol–water partition coefficient (Wildman–Crippen LogP) is 3.93. The number of amides is 1. The Kier molecular flexibility index (Phi) is 5.56. The number of carbonyl (C=O) groups is 1. The number of rotatable bonds is 5. The van der Waals surface area contributed by atoms with Crippen molar-refractivity contribution in [3.05, 3.63) is 74.8 Å². The van der Waals surface area contributed by atoms with Crippen LogP contribution in [0.2, 0.25) is 5.02 Å². The number of halogens is 2. The number of carbonyl (C=O) groups excluding carboxylic acids is 1. The Morgan fingerprint density at radius 3 is 2.90 bits per heavy atom. The summed E-state index contributed by atoms with van der Waals surface area (Å²) in [4.78, 5) is 31.4. The van der Waals surface area contributed by atoms with Crippen molar-refractivity contribution in [1.82, 2.24) is 19.7 Å². The molecule has 4 aromatic rings. The average molecular weight is 489 g/mol. The summed E-state index contributed by atoms with van der Waals surface area (Å²) in [6.07, 6.45) is 1.96. The minimum absolute atomic E-state index is 0.289. The fourth-order valence-electron chi connectivity index (χ4n) is 2.85. The molecule has 4 rings (SSSR count). The molecular formula is C20H15BrClN5O3.